The Morgan fingerprint density at radius 1 is 1.22 bits per heavy atom. The van der Waals surface area contributed by atoms with E-state index in [-0.39, 0.29) is 0 Å². The molecule has 0 bridgehead atoms. The van der Waals surface area contributed by atoms with Crippen LogP contribution in [0.15, 0.2) is 0 Å². The van der Waals surface area contributed by atoms with Crippen molar-refractivity contribution in [1.29, 1.82) is 0 Å². The topological polar surface area (TPSA) is 28.2 Å². The van der Waals surface area contributed by atoms with Crippen LogP contribution < -0.4 is 5.32 Å². The van der Waals surface area contributed by atoms with Gasteiger partial charge in [-0.15, -0.1) is 11.3 Å². The Morgan fingerprint density at radius 2 is 2.00 bits per heavy atom. The van der Waals surface area contributed by atoms with Crippen molar-refractivity contribution in [3.8, 4) is 0 Å². The zero-order valence-corrected chi connectivity index (χ0v) is 12.2. The maximum atomic E-state index is 4.88. The van der Waals surface area contributed by atoms with E-state index in [1.165, 1.54) is 49.6 Å². The molecule has 4 heteroatoms. The van der Waals surface area contributed by atoms with Gasteiger partial charge >= 0.3 is 0 Å². The van der Waals surface area contributed by atoms with Gasteiger partial charge in [-0.1, -0.05) is 0 Å². The first-order valence-electron chi connectivity index (χ1n) is 7.10. The average molecular weight is 265 g/mol. The third-order valence-electron chi connectivity index (χ3n) is 4.35. The molecule has 1 aromatic rings. The van der Waals surface area contributed by atoms with E-state index in [9.17, 15) is 0 Å². The van der Waals surface area contributed by atoms with Crippen LogP contribution in [0.1, 0.15) is 46.7 Å². The fraction of sp³-hybridized carbons (Fsp3) is 0.786. The summed E-state index contributed by atoms with van der Waals surface area (Å²) >= 11 is 1.99. The highest BCUT2D eigenvalue weighted by Crippen LogP contribution is 2.36. The lowest BCUT2D eigenvalue weighted by molar-refractivity contribution is 0.255. The smallest absolute Gasteiger partial charge is 0.0962 e. The van der Waals surface area contributed by atoms with Crippen molar-refractivity contribution in [2.24, 2.45) is 0 Å². The maximum Gasteiger partial charge on any atom is 0.0962 e. The fourth-order valence-electron chi connectivity index (χ4n) is 3.12. The van der Waals surface area contributed by atoms with Crippen LogP contribution in [0, 0.1) is 6.92 Å². The lowest BCUT2D eigenvalue weighted by Gasteiger charge is -2.27. The number of aromatic nitrogens is 1. The summed E-state index contributed by atoms with van der Waals surface area (Å²) in [5.41, 5.74) is 1.29. The first-order valence-corrected chi connectivity index (χ1v) is 7.92. The number of likely N-dealkylation sites (tertiary alicyclic amines) is 1. The van der Waals surface area contributed by atoms with Crippen LogP contribution in [-0.2, 0) is 0 Å². The molecule has 1 atom stereocenters. The molecule has 3 nitrogen and oxygen atoms in total. The second-order valence-electron chi connectivity index (χ2n) is 5.77. The Kier molecular flexibility index (Phi) is 3.68. The Bertz CT molecular complexity index is 401. The highest BCUT2D eigenvalue weighted by Gasteiger charge is 2.26. The predicted octanol–water partition coefficient (Wildman–Crippen LogP) is 2.34. The van der Waals surface area contributed by atoms with E-state index >= 15 is 0 Å². The number of thiazole rings is 1. The lowest BCUT2D eigenvalue weighted by atomic mass is 9.98. The summed E-state index contributed by atoms with van der Waals surface area (Å²) in [5, 5.41) is 4.87. The SMILES string of the molecule is Cc1nc(C2CCN(C)CC2)sc1C1CCNC1. The molecule has 3 heterocycles. The number of hydrogen-bond donors (Lipinski definition) is 1. The zero-order chi connectivity index (χ0) is 12.5. The number of aryl methyl sites for hydroxylation is 1. The van der Waals surface area contributed by atoms with Gasteiger partial charge in [-0.25, -0.2) is 4.98 Å². The summed E-state index contributed by atoms with van der Waals surface area (Å²) in [7, 11) is 2.22. The molecule has 1 aromatic heterocycles. The van der Waals surface area contributed by atoms with E-state index in [2.05, 4.69) is 24.2 Å². The fourth-order valence-corrected chi connectivity index (χ4v) is 4.49. The Morgan fingerprint density at radius 3 is 2.67 bits per heavy atom. The van der Waals surface area contributed by atoms with Gasteiger partial charge in [0.15, 0.2) is 0 Å². The summed E-state index contributed by atoms with van der Waals surface area (Å²) < 4.78 is 0. The average Bonchev–Trinajstić information content (AvgIpc) is 2.99. The second kappa shape index (κ2) is 5.27. The molecular weight excluding hydrogens is 242 g/mol. The minimum absolute atomic E-state index is 0.716. The third kappa shape index (κ3) is 2.46. The van der Waals surface area contributed by atoms with Gasteiger partial charge in [-0.3, -0.25) is 0 Å². The van der Waals surface area contributed by atoms with E-state index < -0.39 is 0 Å². The van der Waals surface area contributed by atoms with Crippen molar-refractivity contribution >= 4 is 11.3 Å². The molecule has 2 aliphatic rings. The molecule has 0 aliphatic carbocycles. The number of nitrogens with one attached hydrogen (secondary N) is 1. The maximum absolute atomic E-state index is 4.88. The van der Waals surface area contributed by atoms with Gasteiger partial charge in [0, 0.05) is 23.3 Å². The Labute approximate surface area is 114 Å². The number of nitrogens with zero attached hydrogens (tertiary/aromatic N) is 2. The molecule has 2 saturated heterocycles. The zero-order valence-electron chi connectivity index (χ0n) is 11.4. The van der Waals surface area contributed by atoms with Gasteiger partial charge in [0.05, 0.1) is 10.7 Å². The molecule has 1 unspecified atom stereocenters. The first kappa shape index (κ1) is 12.6. The molecule has 3 rings (SSSR count). The van der Waals surface area contributed by atoms with Crippen molar-refractivity contribution in [1.82, 2.24) is 15.2 Å². The molecular formula is C14H23N3S. The van der Waals surface area contributed by atoms with Crippen molar-refractivity contribution in [3.63, 3.8) is 0 Å². The van der Waals surface area contributed by atoms with Crippen molar-refractivity contribution in [2.45, 2.75) is 38.0 Å². The van der Waals surface area contributed by atoms with Crippen LogP contribution in [-0.4, -0.2) is 43.1 Å². The van der Waals surface area contributed by atoms with E-state index in [4.69, 9.17) is 4.98 Å². The molecule has 2 fully saturated rings. The van der Waals surface area contributed by atoms with Crippen LogP contribution in [0.25, 0.3) is 0 Å². The highest BCUT2D eigenvalue weighted by atomic mass is 32.1. The third-order valence-corrected chi connectivity index (χ3v) is 5.83. The minimum atomic E-state index is 0.716. The Hall–Kier alpha value is -0.450. The van der Waals surface area contributed by atoms with Gasteiger partial charge in [-0.05, 0) is 52.9 Å². The number of hydrogen-bond acceptors (Lipinski definition) is 4. The van der Waals surface area contributed by atoms with E-state index in [1.807, 2.05) is 11.3 Å². The quantitative estimate of drug-likeness (QED) is 0.889. The van der Waals surface area contributed by atoms with Crippen LogP contribution in [0.4, 0.5) is 0 Å². The summed E-state index contributed by atoms with van der Waals surface area (Å²) in [5.74, 6) is 1.44. The summed E-state index contributed by atoms with van der Waals surface area (Å²) in [6, 6.07) is 0. The molecule has 0 spiro atoms. The second-order valence-corrected chi connectivity index (χ2v) is 6.83. The van der Waals surface area contributed by atoms with Crippen molar-refractivity contribution in [3.05, 3.63) is 15.6 Å². The van der Waals surface area contributed by atoms with Crippen LogP contribution in [0.3, 0.4) is 0 Å². The van der Waals surface area contributed by atoms with Gasteiger partial charge in [0.1, 0.15) is 0 Å². The monoisotopic (exact) mass is 265 g/mol. The van der Waals surface area contributed by atoms with Crippen molar-refractivity contribution < 1.29 is 0 Å². The largest absolute Gasteiger partial charge is 0.316 e. The molecule has 0 amide bonds. The van der Waals surface area contributed by atoms with Crippen LogP contribution in [0.5, 0.6) is 0 Å². The predicted molar refractivity (Wildman–Crippen MR) is 76.6 cm³/mol. The normalized spacial score (nSPS) is 26.9. The Balaban J connectivity index is 1.75. The van der Waals surface area contributed by atoms with Gasteiger partial charge in [0.25, 0.3) is 0 Å². The van der Waals surface area contributed by atoms with E-state index in [0.29, 0.717) is 5.92 Å². The summed E-state index contributed by atoms with van der Waals surface area (Å²) in [4.78, 5) is 8.86. The molecule has 0 radical (unpaired) electrons. The molecule has 18 heavy (non-hydrogen) atoms. The van der Waals surface area contributed by atoms with Crippen molar-refractivity contribution in [2.75, 3.05) is 33.2 Å². The van der Waals surface area contributed by atoms with E-state index in [0.717, 1.165) is 12.5 Å². The minimum Gasteiger partial charge on any atom is -0.316 e. The molecule has 2 aliphatic heterocycles. The molecule has 0 aromatic carbocycles. The lowest BCUT2D eigenvalue weighted by Crippen LogP contribution is -2.29. The molecule has 1 N–H and O–H groups in total. The van der Waals surface area contributed by atoms with E-state index in [1.54, 1.807) is 4.88 Å². The molecule has 100 valence electrons. The van der Waals surface area contributed by atoms with Gasteiger partial charge in [-0.2, -0.15) is 0 Å². The van der Waals surface area contributed by atoms with Crippen LogP contribution in [0.2, 0.25) is 0 Å². The number of rotatable bonds is 2. The number of piperidine rings is 1. The standard InChI is InChI=1S/C14H23N3S/c1-10-13(12-3-6-15-9-12)18-14(16-10)11-4-7-17(2)8-5-11/h11-12,15H,3-9H2,1-2H3. The summed E-state index contributed by atoms with van der Waals surface area (Å²) in [6.45, 7) is 6.97. The van der Waals surface area contributed by atoms with Gasteiger partial charge < -0.3 is 10.2 Å². The summed E-state index contributed by atoms with van der Waals surface area (Å²) in [6.07, 6.45) is 3.85. The van der Waals surface area contributed by atoms with Gasteiger partial charge in [0.2, 0.25) is 0 Å². The molecule has 0 saturated carbocycles. The first-order chi connectivity index (χ1) is 8.74. The highest BCUT2D eigenvalue weighted by molar-refractivity contribution is 7.12. The van der Waals surface area contributed by atoms with Crippen LogP contribution >= 0.6 is 11.3 Å².